The van der Waals surface area contributed by atoms with Gasteiger partial charge < -0.3 is 0 Å². The molecule has 0 aliphatic rings. The molecule has 4 aromatic heterocycles. The lowest BCUT2D eigenvalue weighted by Gasteiger charge is -2.10. The largest absolute Gasteiger partial charge is 0.276 e. The van der Waals surface area contributed by atoms with E-state index in [1.54, 1.807) is 11.3 Å². The average Bonchev–Trinajstić information content (AvgIpc) is 3.51. The van der Waals surface area contributed by atoms with Gasteiger partial charge >= 0.3 is 0 Å². The van der Waals surface area contributed by atoms with Gasteiger partial charge in [-0.2, -0.15) is 9.97 Å². The maximum absolute atomic E-state index is 5.01. The molecule has 0 amide bonds. The second-order valence-electron chi connectivity index (χ2n) is 9.18. The second-order valence-corrected chi connectivity index (χ2v) is 10.3. The minimum Gasteiger partial charge on any atom is -0.276 e. The molecule has 0 spiro atoms. The smallest absolute Gasteiger partial charge is 0.238 e. The Morgan fingerprint density at radius 2 is 1.21 bits per heavy atom. The number of fused-ring (bicyclic) bond motifs is 6. The summed E-state index contributed by atoms with van der Waals surface area (Å²) < 4.78 is 4.63. The zero-order valence-electron chi connectivity index (χ0n) is 20.1. The van der Waals surface area contributed by atoms with Crippen molar-refractivity contribution in [2.24, 2.45) is 0 Å². The van der Waals surface area contributed by atoms with E-state index in [1.165, 1.54) is 20.2 Å². The Morgan fingerprint density at radius 3 is 1.95 bits per heavy atom. The standard InChI is InChI=1S/C32H19N5S/c1-3-10-20(11-4-1)30-34-31(21-12-5-2-6-13-21)36-32(35-30)37-25-15-9-17-33-29(25)24-18-23-22-14-7-8-16-27(22)38-28(23)19-26(24)37/h1-19H. The fourth-order valence-corrected chi connectivity index (χ4v) is 6.28. The number of nitrogens with zero attached hydrogens (tertiary/aromatic N) is 5. The van der Waals surface area contributed by atoms with Gasteiger partial charge in [-0.1, -0.05) is 78.9 Å². The van der Waals surface area contributed by atoms with Gasteiger partial charge in [-0.05, 0) is 30.3 Å². The maximum atomic E-state index is 5.01. The van der Waals surface area contributed by atoms with Crippen LogP contribution in [0, 0.1) is 0 Å². The summed E-state index contributed by atoms with van der Waals surface area (Å²) >= 11 is 1.80. The molecular formula is C32H19N5S. The van der Waals surface area contributed by atoms with Crippen LogP contribution in [0.4, 0.5) is 0 Å². The summed E-state index contributed by atoms with van der Waals surface area (Å²) in [5.74, 6) is 1.85. The van der Waals surface area contributed by atoms with Gasteiger partial charge in [0.25, 0.3) is 0 Å². The summed E-state index contributed by atoms with van der Waals surface area (Å²) in [7, 11) is 0. The van der Waals surface area contributed by atoms with Crippen molar-refractivity contribution in [2.45, 2.75) is 0 Å². The van der Waals surface area contributed by atoms with E-state index in [2.05, 4.69) is 47.0 Å². The van der Waals surface area contributed by atoms with Crippen molar-refractivity contribution in [3.05, 3.63) is 115 Å². The molecule has 0 saturated carbocycles. The molecule has 4 aromatic carbocycles. The molecule has 38 heavy (non-hydrogen) atoms. The van der Waals surface area contributed by atoms with Crippen molar-refractivity contribution < 1.29 is 0 Å². The maximum Gasteiger partial charge on any atom is 0.238 e. The topological polar surface area (TPSA) is 56.5 Å². The SMILES string of the molecule is c1ccc(-c2nc(-c3ccccc3)nc(-n3c4cc5sc6ccccc6c5cc4c4ncccc43)n2)cc1. The fourth-order valence-electron chi connectivity index (χ4n) is 5.16. The summed E-state index contributed by atoms with van der Waals surface area (Å²) in [4.78, 5) is 19.7. The normalized spacial score (nSPS) is 11.7. The van der Waals surface area contributed by atoms with Crippen molar-refractivity contribution in [3.8, 4) is 28.7 Å². The van der Waals surface area contributed by atoms with E-state index in [4.69, 9.17) is 19.9 Å². The quantitative estimate of drug-likeness (QED) is 0.244. The number of hydrogen-bond donors (Lipinski definition) is 0. The number of thiophene rings is 1. The Kier molecular flexibility index (Phi) is 4.62. The van der Waals surface area contributed by atoms with Crippen LogP contribution in [0.5, 0.6) is 0 Å². The summed E-state index contributed by atoms with van der Waals surface area (Å²) in [5.41, 5.74) is 4.82. The first-order valence-electron chi connectivity index (χ1n) is 12.4. The third-order valence-corrected chi connectivity index (χ3v) is 8.04. The van der Waals surface area contributed by atoms with E-state index in [1.807, 2.05) is 72.9 Å². The summed E-state index contributed by atoms with van der Waals surface area (Å²) in [5, 5.41) is 3.59. The number of pyridine rings is 1. The van der Waals surface area contributed by atoms with Crippen molar-refractivity contribution in [1.82, 2.24) is 24.5 Å². The first-order valence-corrected chi connectivity index (χ1v) is 13.2. The van der Waals surface area contributed by atoms with Gasteiger partial charge in [-0.15, -0.1) is 11.3 Å². The molecule has 0 fully saturated rings. The van der Waals surface area contributed by atoms with E-state index >= 15 is 0 Å². The van der Waals surface area contributed by atoms with Crippen molar-refractivity contribution in [3.63, 3.8) is 0 Å². The molecule has 0 bridgehead atoms. The molecule has 8 rings (SSSR count). The van der Waals surface area contributed by atoms with Crippen molar-refractivity contribution in [2.75, 3.05) is 0 Å². The van der Waals surface area contributed by atoms with Gasteiger partial charge in [0.2, 0.25) is 5.95 Å². The van der Waals surface area contributed by atoms with Crippen LogP contribution in [-0.2, 0) is 0 Å². The third-order valence-electron chi connectivity index (χ3n) is 6.91. The first-order chi connectivity index (χ1) is 18.8. The highest BCUT2D eigenvalue weighted by molar-refractivity contribution is 7.25. The molecule has 178 valence electrons. The zero-order chi connectivity index (χ0) is 25.1. The fraction of sp³-hybridized carbons (Fsp3) is 0. The monoisotopic (exact) mass is 505 g/mol. The number of aromatic nitrogens is 5. The highest BCUT2D eigenvalue weighted by Crippen LogP contribution is 2.39. The molecule has 0 aliphatic heterocycles. The van der Waals surface area contributed by atoms with Crippen molar-refractivity contribution >= 4 is 53.4 Å². The highest BCUT2D eigenvalue weighted by Gasteiger charge is 2.19. The Morgan fingerprint density at radius 1 is 0.526 bits per heavy atom. The van der Waals surface area contributed by atoms with E-state index in [0.717, 1.165) is 33.1 Å². The van der Waals surface area contributed by atoms with Crippen LogP contribution in [0.3, 0.4) is 0 Å². The highest BCUT2D eigenvalue weighted by atomic mass is 32.1. The Balaban J connectivity index is 1.48. The molecule has 0 N–H and O–H groups in total. The van der Waals surface area contributed by atoms with Gasteiger partial charge in [0.05, 0.1) is 16.6 Å². The summed E-state index contributed by atoms with van der Waals surface area (Å²) in [6, 6.07) is 37.3. The lowest BCUT2D eigenvalue weighted by molar-refractivity contribution is 0.953. The van der Waals surface area contributed by atoms with Crippen LogP contribution >= 0.6 is 11.3 Å². The number of rotatable bonds is 3. The third kappa shape index (κ3) is 3.24. The van der Waals surface area contributed by atoms with E-state index in [-0.39, 0.29) is 0 Å². The minimum absolute atomic E-state index is 0.575. The molecule has 0 atom stereocenters. The predicted molar refractivity (Wildman–Crippen MR) is 156 cm³/mol. The molecular weight excluding hydrogens is 486 g/mol. The van der Waals surface area contributed by atoms with Crippen LogP contribution < -0.4 is 0 Å². The van der Waals surface area contributed by atoms with Crippen LogP contribution in [0.2, 0.25) is 0 Å². The van der Waals surface area contributed by atoms with E-state index in [9.17, 15) is 0 Å². The van der Waals surface area contributed by atoms with Gasteiger partial charge in [0.15, 0.2) is 11.6 Å². The summed E-state index contributed by atoms with van der Waals surface area (Å²) in [6.07, 6.45) is 1.85. The number of hydrogen-bond acceptors (Lipinski definition) is 5. The predicted octanol–water partition coefficient (Wildman–Crippen LogP) is 8.07. The zero-order valence-corrected chi connectivity index (χ0v) is 20.9. The van der Waals surface area contributed by atoms with Crippen molar-refractivity contribution in [1.29, 1.82) is 0 Å². The van der Waals surface area contributed by atoms with Crippen LogP contribution in [0.25, 0.3) is 70.8 Å². The Bertz CT molecular complexity index is 2070. The van der Waals surface area contributed by atoms with E-state index in [0.29, 0.717) is 17.6 Å². The van der Waals surface area contributed by atoms with Gasteiger partial charge in [-0.3, -0.25) is 9.55 Å². The minimum atomic E-state index is 0.575. The van der Waals surface area contributed by atoms with Crippen LogP contribution in [0.1, 0.15) is 0 Å². The molecule has 5 nitrogen and oxygen atoms in total. The first kappa shape index (κ1) is 21.2. The average molecular weight is 506 g/mol. The molecule has 0 saturated heterocycles. The van der Waals surface area contributed by atoms with E-state index < -0.39 is 0 Å². The lowest BCUT2D eigenvalue weighted by Crippen LogP contribution is -2.06. The van der Waals surface area contributed by atoms with Gasteiger partial charge in [0.1, 0.15) is 0 Å². The molecule has 0 aliphatic carbocycles. The van der Waals surface area contributed by atoms with Crippen LogP contribution in [-0.4, -0.2) is 24.5 Å². The van der Waals surface area contributed by atoms with Crippen LogP contribution in [0.15, 0.2) is 115 Å². The summed E-state index contributed by atoms with van der Waals surface area (Å²) in [6.45, 7) is 0. The molecule has 4 heterocycles. The molecule has 0 radical (unpaired) electrons. The Hall–Kier alpha value is -4.94. The lowest BCUT2D eigenvalue weighted by atomic mass is 10.1. The van der Waals surface area contributed by atoms with Gasteiger partial charge in [0, 0.05) is 42.9 Å². The second kappa shape index (κ2) is 8.30. The molecule has 0 unspecified atom stereocenters. The Labute approximate surface area is 221 Å². The van der Waals surface area contributed by atoms with Gasteiger partial charge in [-0.25, -0.2) is 4.98 Å². The number of benzene rings is 4. The molecule has 8 aromatic rings. The molecule has 6 heteroatoms.